The fraction of sp³-hybridized carbons (Fsp3) is 0.486. The number of Topliss-reactive ketones (excluding diaryl/α,β-unsaturated/α-hetero) is 2. The molecule has 0 radical (unpaired) electrons. The summed E-state index contributed by atoms with van der Waals surface area (Å²) in [6.07, 6.45) is 2.03. The molecule has 4 rings (SSSR count). The van der Waals surface area contributed by atoms with Crippen molar-refractivity contribution in [1.82, 2.24) is 0 Å². The Morgan fingerprint density at radius 1 is 0.638 bits per heavy atom. The molecule has 12 heteroatoms. The second-order valence-electron chi connectivity index (χ2n) is 12.5. The van der Waals surface area contributed by atoms with E-state index in [0.29, 0.717) is 44.2 Å². The van der Waals surface area contributed by atoms with Crippen LogP contribution in [-0.2, 0) is 54.1 Å². The van der Waals surface area contributed by atoms with Gasteiger partial charge in [0.05, 0.1) is 37.3 Å². The molecule has 2 atom stereocenters. The number of anilines is 2. The van der Waals surface area contributed by atoms with Crippen LogP contribution in [0.2, 0.25) is 0 Å². The van der Waals surface area contributed by atoms with Crippen LogP contribution in [0.1, 0.15) is 51.7 Å². The van der Waals surface area contributed by atoms with Gasteiger partial charge in [-0.05, 0) is 68.5 Å². The third-order valence-electron chi connectivity index (χ3n) is 8.83. The highest BCUT2D eigenvalue weighted by Gasteiger charge is 2.42. The van der Waals surface area contributed by atoms with Crippen molar-refractivity contribution in [3.05, 3.63) is 59.7 Å². The van der Waals surface area contributed by atoms with Crippen LogP contribution < -0.4 is 10.6 Å². The Balaban J connectivity index is 1.28. The molecule has 2 unspecified atom stereocenters. The summed E-state index contributed by atoms with van der Waals surface area (Å²) in [5.41, 5.74) is 2.12. The molecule has 2 aliphatic rings. The predicted molar refractivity (Wildman–Crippen MR) is 170 cm³/mol. The molecule has 0 spiro atoms. The van der Waals surface area contributed by atoms with Gasteiger partial charge in [0.15, 0.2) is 23.4 Å². The Morgan fingerprint density at radius 2 is 0.979 bits per heavy atom. The number of rotatable bonds is 16. The molecule has 12 nitrogen and oxygen atoms in total. The first kappa shape index (κ1) is 35.4. The molecule has 47 heavy (non-hydrogen) atoms. The fourth-order valence-electron chi connectivity index (χ4n) is 5.17. The Kier molecular flexibility index (Phi) is 11.6. The quantitative estimate of drug-likeness (QED) is 0.203. The largest absolute Gasteiger partial charge is 0.464 e. The van der Waals surface area contributed by atoms with Crippen LogP contribution in [-0.4, -0.2) is 75.0 Å². The molecule has 0 aliphatic carbocycles. The molecule has 252 valence electrons. The SMILES string of the molecule is CCC1(COC(=O)C(C(C)=O)C(=O)Nc2ccc(Cc3ccc(NC(=O)C(C(C)=O)C(=O)OCC4(CC)COC4)cc3)cc2)COC1. The van der Waals surface area contributed by atoms with Crippen molar-refractivity contribution in [3.63, 3.8) is 0 Å². The molecular formula is C35H42N2O10. The van der Waals surface area contributed by atoms with Crippen LogP contribution in [0, 0.1) is 22.7 Å². The van der Waals surface area contributed by atoms with E-state index in [-0.39, 0.29) is 24.0 Å². The highest BCUT2D eigenvalue weighted by Crippen LogP contribution is 2.32. The van der Waals surface area contributed by atoms with Gasteiger partial charge < -0.3 is 29.6 Å². The molecule has 2 amide bonds. The van der Waals surface area contributed by atoms with Crippen LogP contribution in [0.3, 0.4) is 0 Å². The molecule has 2 aliphatic heterocycles. The number of hydrogen-bond acceptors (Lipinski definition) is 10. The molecular weight excluding hydrogens is 608 g/mol. The van der Waals surface area contributed by atoms with Crippen molar-refractivity contribution >= 4 is 46.7 Å². The van der Waals surface area contributed by atoms with E-state index in [9.17, 15) is 28.8 Å². The van der Waals surface area contributed by atoms with E-state index >= 15 is 0 Å². The van der Waals surface area contributed by atoms with Gasteiger partial charge in [0.1, 0.15) is 13.2 Å². The van der Waals surface area contributed by atoms with Crippen molar-refractivity contribution in [3.8, 4) is 0 Å². The van der Waals surface area contributed by atoms with Crippen LogP contribution in [0.4, 0.5) is 11.4 Å². The van der Waals surface area contributed by atoms with Gasteiger partial charge in [-0.2, -0.15) is 0 Å². The zero-order valence-corrected chi connectivity index (χ0v) is 27.2. The van der Waals surface area contributed by atoms with E-state index in [1.807, 2.05) is 13.8 Å². The van der Waals surface area contributed by atoms with E-state index in [2.05, 4.69) is 10.6 Å². The first-order chi connectivity index (χ1) is 22.4. The predicted octanol–water partition coefficient (Wildman–Crippen LogP) is 3.50. The summed E-state index contributed by atoms with van der Waals surface area (Å²) in [5.74, 6) is -7.66. The smallest absolute Gasteiger partial charge is 0.326 e. The zero-order valence-electron chi connectivity index (χ0n) is 27.2. The Hall–Kier alpha value is -4.42. The molecule has 0 aromatic heterocycles. The molecule has 2 aromatic rings. The van der Waals surface area contributed by atoms with E-state index in [0.717, 1.165) is 24.0 Å². The Morgan fingerprint density at radius 3 is 1.23 bits per heavy atom. The van der Waals surface area contributed by atoms with Crippen LogP contribution >= 0.6 is 0 Å². The van der Waals surface area contributed by atoms with Crippen LogP contribution in [0.15, 0.2) is 48.5 Å². The lowest BCUT2D eigenvalue weighted by molar-refractivity contribution is -0.176. The van der Waals surface area contributed by atoms with Gasteiger partial charge >= 0.3 is 11.9 Å². The van der Waals surface area contributed by atoms with E-state index in [1.165, 1.54) is 13.8 Å². The van der Waals surface area contributed by atoms with E-state index < -0.39 is 47.2 Å². The number of nitrogens with one attached hydrogen (secondary N) is 2. The summed E-state index contributed by atoms with van der Waals surface area (Å²) in [7, 11) is 0. The minimum absolute atomic E-state index is 0.0884. The highest BCUT2D eigenvalue weighted by atomic mass is 16.6. The lowest BCUT2D eigenvalue weighted by atomic mass is 9.84. The van der Waals surface area contributed by atoms with Crippen molar-refractivity contribution in [1.29, 1.82) is 0 Å². The number of benzene rings is 2. The van der Waals surface area contributed by atoms with Crippen molar-refractivity contribution in [2.45, 2.75) is 47.0 Å². The minimum atomic E-state index is -1.57. The van der Waals surface area contributed by atoms with Crippen molar-refractivity contribution in [2.24, 2.45) is 22.7 Å². The highest BCUT2D eigenvalue weighted by molar-refractivity contribution is 6.20. The number of ketones is 2. The third-order valence-corrected chi connectivity index (χ3v) is 8.83. The minimum Gasteiger partial charge on any atom is -0.464 e. The summed E-state index contributed by atoms with van der Waals surface area (Å²) in [6, 6.07) is 13.9. The van der Waals surface area contributed by atoms with E-state index in [4.69, 9.17) is 18.9 Å². The maximum absolute atomic E-state index is 12.8. The second kappa shape index (κ2) is 15.4. The summed E-state index contributed by atoms with van der Waals surface area (Å²) >= 11 is 0. The van der Waals surface area contributed by atoms with Gasteiger partial charge in [0.2, 0.25) is 11.8 Å². The molecule has 2 N–H and O–H groups in total. The van der Waals surface area contributed by atoms with Gasteiger partial charge in [-0.15, -0.1) is 0 Å². The normalized spacial score (nSPS) is 17.1. The Labute approximate surface area is 273 Å². The zero-order chi connectivity index (χ0) is 34.2. The van der Waals surface area contributed by atoms with Gasteiger partial charge in [-0.1, -0.05) is 38.1 Å². The first-order valence-electron chi connectivity index (χ1n) is 15.7. The van der Waals surface area contributed by atoms with Gasteiger partial charge in [0, 0.05) is 11.4 Å². The molecule has 0 saturated carbocycles. The Bertz CT molecular complexity index is 1350. The average Bonchev–Trinajstić information content (AvgIpc) is 2.98. The van der Waals surface area contributed by atoms with Crippen LogP contribution in [0.5, 0.6) is 0 Å². The number of esters is 2. The summed E-state index contributed by atoms with van der Waals surface area (Å²) < 4.78 is 21.1. The number of carbonyl (C=O) groups is 6. The third kappa shape index (κ3) is 8.89. The van der Waals surface area contributed by atoms with Gasteiger partial charge in [-0.3, -0.25) is 28.8 Å². The van der Waals surface area contributed by atoms with Crippen LogP contribution in [0.25, 0.3) is 0 Å². The van der Waals surface area contributed by atoms with Crippen molar-refractivity contribution < 1.29 is 47.7 Å². The standard InChI is InChI=1S/C35H42N2O10/c1-5-34(16-44-17-34)20-46-32(42)28(22(3)38)30(40)36-26-11-7-24(8-12-26)15-25-9-13-27(14-10-25)37-31(41)29(23(4)39)33(43)47-21-35(6-2)18-45-19-35/h7-14,28-29H,5-6,15-21H2,1-4H3,(H,36,40)(H,37,41). The number of hydrogen-bond donors (Lipinski definition) is 2. The summed E-state index contributed by atoms with van der Waals surface area (Å²) in [6.45, 7) is 8.34. The maximum atomic E-state index is 12.8. The topological polar surface area (TPSA) is 163 Å². The molecule has 2 aromatic carbocycles. The van der Waals surface area contributed by atoms with E-state index in [1.54, 1.807) is 48.5 Å². The maximum Gasteiger partial charge on any atom is 0.326 e. The molecule has 2 saturated heterocycles. The van der Waals surface area contributed by atoms with Crippen molar-refractivity contribution in [2.75, 3.05) is 50.3 Å². The molecule has 0 bridgehead atoms. The monoisotopic (exact) mass is 650 g/mol. The van der Waals surface area contributed by atoms with Gasteiger partial charge in [0.25, 0.3) is 0 Å². The molecule has 2 fully saturated rings. The number of carbonyl (C=O) groups excluding carboxylic acids is 6. The number of amides is 2. The fourth-order valence-corrected chi connectivity index (χ4v) is 5.17. The second-order valence-corrected chi connectivity index (χ2v) is 12.5. The summed E-state index contributed by atoms with van der Waals surface area (Å²) in [4.78, 5) is 75.3. The summed E-state index contributed by atoms with van der Waals surface area (Å²) in [5, 5.41) is 5.24. The van der Waals surface area contributed by atoms with Gasteiger partial charge in [-0.25, -0.2) is 0 Å². The first-order valence-corrected chi connectivity index (χ1v) is 15.7. The number of ether oxygens (including phenoxy) is 4. The lowest BCUT2D eigenvalue weighted by Crippen LogP contribution is -2.47. The lowest BCUT2D eigenvalue weighted by Gasteiger charge is -2.40. The molecule has 2 heterocycles. The average molecular weight is 651 g/mol.